The number of primary amides is 1. The van der Waals surface area contributed by atoms with E-state index >= 15 is 0 Å². The summed E-state index contributed by atoms with van der Waals surface area (Å²) in [6.45, 7) is 8.90. The number of hydrogen-bond donors (Lipinski definition) is 2. The summed E-state index contributed by atoms with van der Waals surface area (Å²) in [4.78, 5) is 37.0. The zero-order chi connectivity index (χ0) is 21.1. The topological polar surface area (TPSA) is 114 Å². The largest absolute Gasteiger partial charge is 0.458 e. The van der Waals surface area contributed by atoms with Crippen molar-refractivity contribution in [2.24, 2.45) is 16.8 Å². The van der Waals surface area contributed by atoms with E-state index in [4.69, 9.17) is 10.5 Å². The van der Waals surface area contributed by atoms with Gasteiger partial charge in [-0.05, 0) is 38.8 Å². The van der Waals surface area contributed by atoms with E-state index in [0.29, 0.717) is 5.69 Å². The lowest BCUT2D eigenvalue weighted by atomic mass is 10.0. The van der Waals surface area contributed by atoms with Gasteiger partial charge in [-0.25, -0.2) is 4.79 Å². The molecule has 1 heterocycles. The van der Waals surface area contributed by atoms with Gasteiger partial charge in [0, 0.05) is 6.42 Å². The summed E-state index contributed by atoms with van der Waals surface area (Å²) in [6, 6.07) is 7.48. The zero-order valence-corrected chi connectivity index (χ0v) is 16.9. The van der Waals surface area contributed by atoms with Crippen molar-refractivity contribution in [3.05, 3.63) is 30.3 Å². The van der Waals surface area contributed by atoms with Crippen molar-refractivity contribution in [2.75, 3.05) is 5.01 Å². The Morgan fingerprint density at radius 2 is 1.82 bits per heavy atom. The lowest BCUT2D eigenvalue weighted by molar-refractivity contribution is -0.156. The second kappa shape index (κ2) is 8.41. The van der Waals surface area contributed by atoms with E-state index in [-0.39, 0.29) is 18.1 Å². The summed E-state index contributed by atoms with van der Waals surface area (Å²) in [6.07, 6.45) is 0.0687. The number of nitrogens with one attached hydrogen (secondary N) is 1. The lowest BCUT2D eigenvalue weighted by Crippen LogP contribution is -2.49. The predicted octanol–water partition coefficient (Wildman–Crippen LogP) is 1.59. The number of anilines is 1. The van der Waals surface area contributed by atoms with Crippen LogP contribution in [-0.4, -0.2) is 41.2 Å². The second-order valence-corrected chi connectivity index (χ2v) is 8.08. The van der Waals surface area contributed by atoms with Crippen LogP contribution < -0.4 is 16.1 Å². The Morgan fingerprint density at radius 1 is 1.21 bits per heavy atom. The first-order valence-corrected chi connectivity index (χ1v) is 9.24. The van der Waals surface area contributed by atoms with E-state index in [2.05, 4.69) is 10.4 Å². The van der Waals surface area contributed by atoms with Gasteiger partial charge >= 0.3 is 5.97 Å². The molecule has 0 aliphatic carbocycles. The highest BCUT2D eigenvalue weighted by Gasteiger charge is 2.39. The van der Waals surface area contributed by atoms with Gasteiger partial charge in [-0.1, -0.05) is 32.0 Å². The third-order valence-corrected chi connectivity index (χ3v) is 4.13. The highest BCUT2D eigenvalue weighted by Crippen LogP contribution is 2.26. The molecule has 1 aliphatic rings. The van der Waals surface area contributed by atoms with Crippen molar-refractivity contribution in [1.29, 1.82) is 0 Å². The van der Waals surface area contributed by atoms with Crippen molar-refractivity contribution >= 4 is 29.2 Å². The highest BCUT2D eigenvalue weighted by molar-refractivity contribution is 6.40. The van der Waals surface area contributed by atoms with Gasteiger partial charge in [0.15, 0.2) is 6.04 Å². The molecule has 1 aromatic carbocycles. The monoisotopic (exact) mass is 388 g/mol. The molecule has 0 saturated carbocycles. The van der Waals surface area contributed by atoms with Crippen LogP contribution in [0.25, 0.3) is 0 Å². The Kier molecular flexibility index (Phi) is 6.43. The van der Waals surface area contributed by atoms with Gasteiger partial charge in [0.05, 0.1) is 5.69 Å². The first kappa shape index (κ1) is 21.4. The minimum atomic E-state index is -0.819. The van der Waals surface area contributed by atoms with Crippen molar-refractivity contribution in [3.8, 4) is 0 Å². The van der Waals surface area contributed by atoms with Crippen LogP contribution in [0.1, 0.15) is 41.0 Å². The molecule has 0 saturated heterocycles. The van der Waals surface area contributed by atoms with Crippen molar-refractivity contribution in [1.82, 2.24) is 5.32 Å². The van der Waals surface area contributed by atoms with Crippen LogP contribution in [-0.2, 0) is 19.1 Å². The molecule has 2 rings (SSSR count). The number of rotatable bonds is 6. The van der Waals surface area contributed by atoms with Crippen LogP contribution in [0.5, 0.6) is 0 Å². The molecule has 0 unspecified atom stereocenters. The number of esters is 1. The first-order chi connectivity index (χ1) is 13.0. The molecule has 0 fully saturated rings. The average Bonchev–Trinajstić information content (AvgIpc) is 3.04. The van der Waals surface area contributed by atoms with E-state index in [1.54, 1.807) is 46.8 Å². The Bertz CT molecular complexity index is 768. The number of ether oxygens (including phenoxy) is 1. The fourth-order valence-corrected chi connectivity index (χ4v) is 2.81. The number of para-hydroxylation sites is 1. The summed E-state index contributed by atoms with van der Waals surface area (Å²) in [7, 11) is 0. The third-order valence-electron chi connectivity index (χ3n) is 4.13. The molecular weight excluding hydrogens is 360 g/mol. The maximum atomic E-state index is 12.7. The number of hydrazone groups is 1. The number of amides is 2. The molecular formula is C20H28N4O4. The molecule has 1 aliphatic heterocycles. The van der Waals surface area contributed by atoms with Gasteiger partial charge < -0.3 is 15.8 Å². The molecule has 0 radical (unpaired) electrons. The Balaban J connectivity index is 2.27. The Labute approximate surface area is 165 Å². The molecule has 0 aromatic heterocycles. The molecule has 8 heteroatoms. The van der Waals surface area contributed by atoms with Crippen molar-refractivity contribution in [3.63, 3.8) is 0 Å². The van der Waals surface area contributed by atoms with E-state index in [0.717, 1.165) is 0 Å². The van der Waals surface area contributed by atoms with E-state index in [1.807, 2.05) is 18.2 Å². The van der Waals surface area contributed by atoms with Crippen molar-refractivity contribution in [2.45, 2.75) is 58.7 Å². The predicted molar refractivity (Wildman–Crippen MR) is 107 cm³/mol. The summed E-state index contributed by atoms with van der Waals surface area (Å²) in [5, 5.41) is 8.45. The number of benzene rings is 1. The maximum Gasteiger partial charge on any atom is 0.331 e. The molecule has 1 aromatic rings. The van der Waals surface area contributed by atoms with Crippen LogP contribution >= 0.6 is 0 Å². The molecule has 2 atom stereocenters. The zero-order valence-electron chi connectivity index (χ0n) is 16.9. The van der Waals surface area contributed by atoms with Gasteiger partial charge in [0.25, 0.3) is 5.91 Å². The van der Waals surface area contributed by atoms with Crippen molar-refractivity contribution < 1.29 is 19.1 Å². The summed E-state index contributed by atoms with van der Waals surface area (Å²) < 4.78 is 5.50. The molecule has 0 bridgehead atoms. The van der Waals surface area contributed by atoms with Gasteiger partial charge in [-0.15, -0.1) is 0 Å². The van der Waals surface area contributed by atoms with E-state index in [9.17, 15) is 14.4 Å². The third kappa shape index (κ3) is 5.31. The van der Waals surface area contributed by atoms with Crippen LogP contribution in [0.15, 0.2) is 35.4 Å². The van der Waals surface area contributed by atoms with E-state index in [1.165, 1.54) is 5.01 Å². The van der Waals surface area contributed by atoms with Gasteiger partial charge in [-0.2, -0.15) is 5.10 Å². The van der Waals surface area contributed by atoms with E-state index < -0.39 is 35.5 Å². The summed E-state index contributed by atoms with van der Waals surface area (Å²) in [5.41, 5.74) is 5.51. The van der Waals surface area contributed by atoms with Crippen LogP contribution in [0.4, 0.5) is 5.69 Å². The SMILES string of the molecule is CC(C)[C@H](NC(=O)C1=NN(c2ccccc2)[C@@H](C(=O)OC(C)(C)C)C1)C(N)=O. The number of nitrogens with zero attached hydrogens (tertiary/aromatic N) is 2. The second-order valence-electron chi connectivity index (χ2n) is 8.08. The fourth-order valence-electron chi connectivity index (χ4n) is 2.81. The summed E-state index contributed by atoms with van der Waals surface area (Å²) in [5.74, 6) is -1.79. The Hall–Kier alpha value is -2.90. The summed E-state index contributed by atoms with van der Waals surface area (Å²) >= 11 is 0. The Morgan fingerprint density at radius 3 is 2.32 bits per heavy atom. The molecule has 8 nitrogen and oxygen atoms in total. The number of hydrogen-bond acceptors (Lipinski definition) is 6. The van der Waals surface area contributed by atoms with Gasteiger partial charge in [0.2, 0.25) is 5.91 Å². The smallest absolute Gasteiger partial charge is 0.331 e. The van der Waals surface area contributed by atoms with Gasteiger partial charge in [0.1, 0.15) is 17.4 Å². The number of carbonyl (C=O) groups excluding carboxylic acids is 3. The lowest BCUT2D eigenvalue weighted by Gasteiger charge is -2.26. The maximum absolute atomic E-state index is 12.7. The molecule has 28 heavy (non-hydrogen) atoms. The normalized spacial score (nSPS) is 17.9. The minimum Gasteiger partial charge on any atom is -0.458 e. The number of nitrogens with two attached hydrogens (primary N) is 1. The first-order valence-electron chi connectivity index (χ1n) is 9.24. The molecule has 0 spiro atoms. The molecule has 2 amide bonds. The highest BCUT2D eigenvalue weighted by atomic mass is 16.6. The molecule has 152 valence electrons. The number of carbonyl (C=O) groups is 3. The van der Waals surface area contributed by atoms with Crippen LogP contribution in [0.2, 0.25) is 0 Å². The average molecular weight is 388 g/mol. The quantitative estimate of drug-likeness (QED) is 0.718. The van der Waals surface area contributed by atoms with Crippen LogP contribution in [0, 0.1) is 5.92 Å². The fraction of sp³-hybridized carbons (Fsp3) is 0.500. The van der Waals surface area contributed by atoms with Crippen LogP contribution in [0.3, 0.4) is 0 Å². The minimum absolute atomic E-state index is 0.0687. The van der Waals surface area contributed by atoms with Gasteiger partial charge in [-0.3, -0.25) is 14.6 Å². The molecule has 3 N–H and O–H groups in total. The standard InChI is InChI=1S/C20H28N4O4/c1-12(2)16(17(21)25)22-18(26)14-11-15(19(27)28-20(3,4)5)24(23-14)13-9-7-6-8-10-13/h6-10,12,15-16H,11H2,1-5H3,(H2,21,25)(H,22,26)/t15-,16+/m1/s1.